The number of hydrogen-bond acceptors (Lipinski definition) is 4. The number of rotatable bonds is 4. The van der Waals surface area contributed by atoms with E-state index in [1.807, 2.05) is 6.92 Å². The first kappa shape index (κ1) is 16.2. The van der Waals surface area contributed by atoms with Crippen LogP contribution in [0, 0.1) is 6.92 Å². The topological polar surface area (TPSA) is 81.1 Å². The van der Waals surface area contributed by atoms with Gasteiger partial charge in [0.05, 0.1) is 23.2 Å². The predicted octanol–water partition coefficient (Wildman–Crippen LogP) is 2.38. The van der Waals surface area contributed by atoms with Crippen LogP contribution in [0.15, 0.2) is 17.7 Å². The largest absolute Gasteiger partial charge is 0.311 e. The average Bonchev–Trinajstić information content (AvgIpc) is 3.02. The normalized spacial score (nSPS) is 23.5. The number of hydrogen-bond donors (Lipinski definition) is 1. The molecule has 1 aromatic heterocycles. The molecule has 0 radical (unpaired) electrons. The predicted molar refractivity (Wildman–Crippen MR) is 89.1 cm³/mol. The third-order valence-electron chi connectivity index (χ3n) is 4.45. The van der Waals surface area contributed by atoms with E-state index in [2.05, 4.69) is 16.5 Å². The van der Waals surface area contributed by atoms with E-state index in [1.54, 1.807) is 10.7 Å². The fourth-order valence-electron chi connectivity index (χ4n) is 3.32. The summed E-state index contributed by atoms with van der Waals surface area (Å²) < 4.78 is 25.0. The molecule has 23 heavy (non-hydrogen) atoms. The lowest BCUT2D eigenvalue weighted by Crippen LogP contribution is -2.20. The van der Waals surface area contributed by atoms with E-state index < -0.39 is 9.84 Å². The van der Waals surface area contributed by atoms with Crippen molar-refractivity contribution in [1.29, 1.82) is 0 Å². The number of nitrogens with one attached hydrogen (secondary N) is 1. The van der Waals surface area contributed by atoms with Crippen LogP contribution in [0.5, 0.6) is 0 Å². The molecular formula is C16H23N3O3S. The Hall–Kier alpha value is -1.63. The summed E-state index contributed by atoms with van der Waals surface area (Å²) >= 11 is 0. The van der Waals surface area contributed by atoms with Crippen molar-refractivity contribution < 1.29 is 13.2 Å². The van der Waals surface area contributed by atoms with Gasteiger partial charge in [-0.3, -0.25) is 4.79 Å². The smallest absolute Gasteiger partial charge is 0.229 e. The molecule has 3 rings (SSSR count). The molecule has 1 amide bonds. The number of nitrogens with zero attached hydrogens (tertiary/aromatic N) is 2. The molecule has 0 bridgehead atoms. The van der Waals surface area contributed by atoms with Gasteiger partial charge in [-0.25, -0.2) is 13.1 Å². The number of carbonyl (C=O) groups excluding carboxylic acids is 1. The van der Waals surface area contributed by atoms with Crippen molar-refractivity contribution in [3.8, 4) is 0 Å². The summed E-state index contributed by atoms with van der Waals surface area (Å²) in [4.78, 5) is 12.3. The van der Waals surface area contributed by atoms with E-state index in [0.717, 1.165) is 25.0 Å². The summed E-state index contributed by atoms with van der Waals surface area (Å²) in [5.41, 5.74) is 1.97. The van der Waals surface area contributed by atoms with Gasteiger partial charge in [-0.15, -0.1) is 0 Å². The number of sulfone groups is 1. The fourth-order valence-corrected chi connectivity index (χ4v) is 5.01. The van der Waals surface area contributed by atoms with Gasteiger partial charge in [0, 0.05) is 12.5 Å². The van der Waals surface area contributed by atoms with Crippen LogP contribution in [-0.2, 0) is 14.6 Å². The van der Waals surface area contributed by atoms with Crippen molar-refractivity contribution in [2.75, 3.05) is 16.8 Å². The Morgan fingerprint density at radius 3 is 2.91 bits per heavy atom. The summed E-state index contributed by atoms with van der Waals surface area (Å²) in [5.74, 6) is 0.838. The minimum Gasteiger partial charge on any atom is -0.311 e. The van der Waals surface area contributed by atoms with E-state index in [-0.39, 0.29) is 23.5 Å². The van der Waals surface area contributed by atoms with Gasteiger partial charge in [0.2, 0.25) is 5.91 Å². The molecule has 1 aliphatic carbocycles. The molecule has 0 spiro atoms. The Labute approximate surface area is 136 Å². The lowest BCUT2D eigenvalue weighted by atomic mass is 9.97. The first-order valence-electron chi connectivity index (χ1n) is 8.17. The number of aryl methyl sites for hydroxylation is 1. The molecule has 2 aliphatic rings. The molecule has 0 saturated carbocycles. The summed E-state index contributed by atoms with van der Waals surface area (Å²) in [7, 11) is -2.98. The van der Waals surface area contributed by atoms with Gasteiger partial charge in [0.1, 0.15) is 5.82 Å². The third-order valence-corrected chi connectivity index (χ3v) is 6.20. The minimum absolute atomic E-state index is 0.0554. The van der Waals surface area contributed by atoms with Crippen LogP contribution < -0.4 is 5.32 Å². The van der Waals surface area contributed by atoms with Crippen molar-refractivity contribution >= 4 is 21.6 Å². The molecule has 2 heterocycles. The Balaban J connectivity index is 1.70. The maximum atomic E-state index is 12.3. The Morgan fingerprint density at radius 1 is 1.43 bits per heavy atom. The van der Waals surface area contributed by atoms with Crippen LogP contribution in [-0.4, -0.2) is 35.6 Å². The van der Waals surface area contributed by atoms with Crippen molar-refractivity contribution in [3.05, 3.63) is 23.4 Å². The molecule has 1 unspecified atom stereocenters. The maximum Gasteiger partial charge on any atom is 0.229 e. The SMILES string of the molecule is Cc1cc(NC(=O)CC2=CCCCC2)n(C2CCS(=O)(=O)C2)n1. The molecule has 1 N–H and O–H groups in total. The summed E-state index contributed by atoms with van der Waals surface area (Å²) in [6.45, 7) is 1.85. The van der Waals surface area contributed by atoms with Crippen LogP contribution in [0.1, 0.15) is 50.3 Å². The van der Waals surface area contributed by atoms with Gasteiger partial charge in [-0.1, -0.05) is 11.6 Å². The zero-order valence-electron chi connectivity index (χ0n) is 13.4. The lowest BCUT2D eigenvalue weighted by molar-refractivity contribution is -0.115. The highest BCUT2D eigenvalue weighted by atomic mass is 32.2. The molecule has 1 saturated heterocycles. The van der Waals surface area contributed by atoms with Gasteiger partial charge in [-0.2, -0.15) is 5.10 Å². The molecular weight excluding hydrogens is 314 g/mol. The van der Waals surface area contributed by atoms with E-state index in [0.29, 0.717) is 18.7 Å². The second-order valence-corrected chi connectivity index (χ2v) is 8.73. The Morgan fingerprint density at radius 2 is 2.26 bits per heavy atom. The second kappa shape index (κ2) is 6.47. The fraction of sp³-hybridized carbons (Fsp3) is 0.625. The number of aromatic nitrogens is 2. The van der Waals surface area contributed by atoms with Crippen LogP contribution in [0.3, 0.4) is 0 Å². The molecule has 1 aromatic rings. The molecule has 1 fully saturated rings. The van der Waals surface area contributed by atoms with Crippen LogP contribution in [0.25, 0.3) is 0 Å². The van der Waals surface area contributed by atoms with Crippen molar-refractivity contribution in [2.24, 2.45) is 0 Å². The monoisotopic (exact) mass is 337 g/mol. The minimum atomic E-state index is -2.98. The summed E-state index contributed by atoms with van der Waals surface area (Å²) in [6.07, 6.45) is 7.52. The maximum absolute atomic E-state index is 12.3. The zero-order valence-corrected chi connectivity index (χ0v) is 14.2. The number of anilines is 1. The highest BCUT2D eigenvalue weighted by Crippen LogP contribution is 2.27. The third kappa shape index (κ3) is 4.02. The molecule has 0 aromatic carbocycles. The lowest BCUT2D eigenvalue weighted by Gasteiger charge is -2.15. The summed E-state index contributed by atoms with van der Waals surface area (Å²) in [6, 6.07) is 1.62. The standard InChI is InChI=1S/C16H23N3O3S/c1-12-9-15(17-16(20)10-13-5-3-2-4-6-13)19(18-12)14-7-8-23(21,22)11-14/h5,9,14H,2-4,6-8,10-11H2,1H3,(H,17,20). The van der Waals surface area contributed by atoms with Gasteiger partial charge in [0.15, 0.2) is 9.84 Å². The highest BCUT2D eigenvalue weighted by Gasteiger charge is 2.31. The first-order valence-corrected chi connectivity index (χ1v) is 9.99. The number of carbonyl (C=O) groups is 1. The van der Waals surface area contributed by atoms with E-state index in [9.17, 15) is 13.2 Å². The Kier molecular flexibility index (Phi) is 4.57. The van der Waals surface area contributed by atoms with Gasteiger partial charge < -0.3 is 5.32 Å². The first-order chi connectivity index (χ1) is 10.9. The van der Waals surface area contributed by atoms with Crippen molar-refractivity contribution in [2.45, 2.75) is 51.5 Å². The highest BCUT2D eigenvalue weighted by molar-refractivity contribution is 7.91. The van der Waals surface area contributed by atoms with E-state index >= 15 is 0 Å². The molecule has 7 heteroatoms. The second-order valence-electron chi connectivity index (χ2n) is 6.51. The quantitative estimate of drug-likeness (QED) is 0.855. The average molecular weight is 337 g/mol. The van der Waals surface area contributed by atoms with Crippen LogP contribution >= 0.6 is 0 Å². The van der Waals surface area contributed by atoms with Gasteiger partial charge in [-0.05, 0) is 39.0 Å². The van der Waals surface area contributed by atoms with Gasteiger partial charge >= 0.3 is 0 Å². The van der Waals surface area contributed by atoms with Gasteiger partial charge in [0.25, 0.3) is 0 Å². The summed E-state index contributed by atoms with van der Waals surface area (Å²) in [5, 5.41) is 7.29. The molecule has 1 aliphatic heterocycles. The number of allylic oxidation sites excluding steroid dienone is 1. The molecule has 6 nitrogen and oxygen atoms in total. The molecule has 1 atom stereocenters. The Bertz CT molecular complexity index is 734. The zero-order chi connectivity index (χ0) is 16.4. The van der Waals surface area contributed by atoms with E-state index in [4.69, 9.17) is 0 Å². The molecule has 126 valence electrons. The van der Waals surface area contributed by atoms with E-state index in [1.165, 1.54) is 12.0 Å². The van der Waals surface area contributed by atoms with Crippen LogP contribution in [0.2, 0.25) is 0 Å². The van der Waals surface area contributed by atoms with Crippen molar-refractivity contribution in [1.82, 2.24) is 9.78 Å². The van der Waals surface area contributed by atoms with Crippen molar-refractivity contribution in [3.63, 3.8) is 0 Å². The number of amides is 1. The van der Waals surface area contributed by atoms with Crippen LogP contribution in [0.4, 0.5) is 5.82 Å².